The van der Waals surface area contributed by atoms with E-state index >= 15 is 0 Å². The Balaban J connectivity index is 1.68. The number of nitrogens with zero attached hydrogens (tertiary/aromatic N) is 1. The lowest BCUT2D eigenvalue weighted by Crippen LogP contribution is -2.51. The maximum absolute atomic E-state index is 12.9. The molecular formula is C18H31NO3. The van der Waals surface area contributed by atoms with Crippen molar-refractivity contribution >= 4 is 5.91 Å². The zero-order valence-electron chi connectivity index (χ0n) is 13.8. The number of hydrogen-bond donors (Lipinski definition) is 2. The summed E-state index contributed by atoms with van der Waals surface area (Å²) in [5.41, 5.74) is -0.617. The minimum atomic E-state index is -0.617. The van der Waals surface area contributed by atoms with Gasteiger partial charge in [0.1, 0.15) is 0 Å². The number of rotatable bonds is 2. The topological polar surface area (TPSA) is 60.8 Å². The molecule has 22 heavy (non-hydrogen) atoms. The molecule has 4 heteroatoms. The second-order valence-electron chi connectivity index (χ2n) is 7.96. The van der Waals surface area contributed by atoms with Gasteiger partial charge in [0.15, 0.2) is 0 Å². The van der Waals surface area contributed by atoms with Crippen LogP contribution >= 0.6 is 0 Å². The first kappa shape index (κ1) is 16.3. The van der Waals surface area contributed by atoms with E-state index in [2.05, 4.69) is 4.90 Å². The number of likely N-dealkylation sites (tertiary alicyclic amines) is 1. The van der Waals surface area contributed by atoms with Crippen LogP contribution < -0.4 is 0 Å². The molecule has 2 N–H and O–H groups in total. The van der Waals surface area contributed by atoms with Crippen LogP contribution in [-0.4, -0.2) is 45.3 Å². The van der Waals surface area contributed by atoms with Crippen LogP contribution in [-0.2, 0) is 4.79 Å². The fourth-order valence-electron chi connectivity index (χ4n) is 4.99. The summed E-state index contributed by atoms with van der Waals surface area (Å²) < 4.78 is 0. The Labute approximate surface area is 133 Å². The Morgan fingerprint density at radius 3 is 2.45 bits per heavy atom. The van der Waals surface area contributed by atoms with E-state index in [4.69, 9.17) is 0 Å². The molecule has 3 fully saturated rings. The van der Waals surface area contributed by atoms with Crippen molar-refractivity contribution in [2.24, 2.45) is 11.8 Å². The average molecular weight is 309 g/mol. The predicted molar refractivity (Wildman–Crippen MR) is 85.3 cm³/mol. The van der Waals surface area contributed by atoms with Gasteiger partial charge in [-0.05, 0) is 58.3 Å². The molecule has 1 amide bonds. The van der Waals surface area contributed by atoms with Crippen molar-refractivity contribution in [3.8, 4) is 0 Å². The molecule has 1 heterocycles. The lowest BCUT2D eigenvalue weighted by molar-refractivity contribution is -0.142. The fraction of sp³-hybridized carbons (Fsp3) is 0.944. The van der Waals surface area contributed by atoms with E-state index in [0.717, 1.165) is 64.3 Å². The number of carbonyl (C=O) groups excluding carboxylic acids is 1. The highest BCUT2D eigenvalue weighted by molar-refractivity contribution is 5.79. The largest absolute Gasteiger partial charge is 0.393 e. The van der Waals surface area contributed by atoms with Crippen molar-refractivity contribution in [2.75, 3.05) is 6.54 Å². The van der Waals surface area contributed by atoms with Crippen LogP contribution in [0.2, 0.25) is 0 Å². The molecule has 1 saturated heterocycles. The maximum Gasteiger partial charge on any atom is 0.225 e. The number of aliphatic hydroxyl groups excluding tert-OH is 1. The molecule has 1 aliphatic heterocycles. The highest BCUT2D eigenvalue weighted by Gasteiger charge is 2.45. The molecule has 4 nitrogen and oxygen atoms in total. The third-order valence-corrected chi connectivity index (χ3v) is 6.34. The second-order valence-corrected chi connectivity index (χ2v) is 7.96. The van der Waals surface area contributed by atoms with Gasteiger partial charge in [-0.1, -0.05) is 12.8 Å². The molecule has 0 aromatic rings. The molecule has 0 spiro atoms. The van der Waals surface area contributed by atoms with Gasteiger partial charge in [0.05, 0.1) is 11.7 Å². The van der Waals surface area contributed by atoms with E-state index in [1.807, 2.05) is 6.92 Å². The van der Waals surface area contributed by atoms with Crippen molar-refractivity contribution in [1.82, 2.24) is 4.90 Å². The van der Waals surface area contributed by atoms with Crippen molar-refractivity contribution in [3.63, 3.8) is 0 Å². The Bertz CT molecular complexity index is 401. The van der Waals surface area contributed by atoms with Gasteiger partial charge in [-0.2, -0.15) is 0 Å². The van der Waals surface area contributed by atoms with Crippen LogP contribution in [0.4, 0.5) is 0 Å². The SMILES string of the molecule is C[C@]1(O)CCCC[C@@H]1[C@@H]1CCCN1C(=O)C1CCC(O)CC1. The molecular weight excluding hydrogens is 278 g/mol. The molecule has 0 aromatic carbocycles. The van der Waals surface area contributed by atoms with E-state index in [1.54, 1.807) is 0 Å². The summed E-state index contributed by atoms with van der Waals surface area (Å²) in [6.45, 7) is 2.82. The molecule has 3 rings (SSSR count). The second kappa shape index (κ2) is 6.48. The van der Waals surface area contributed by atoms with Crippen molar-refractivity contribution in [3.05, 3.63) is 0 Å². The van der Waals surface area contributed by atoms with E-state index < -0.39 is 5.60 Å². The first-order valence-electron chi connectivity index (χ1n) is 9.20. The Hall–Kier alpha value is -0.610. The molecule has 0 radical (unpaired) electrons. The summed E-state index contributed by atoms with van der Waals surface area (Å²) in [6, 6.07) is 0.231. The molecule has 2 saturated carbocycles. The van der Waals surface area contributed by atoms with Gasteiger partial charge in [0, 0.05) is 24.4 Å². The molecule has 3 aliphatic rings. The van der Waals surface area contributed by atoms with Crippen LogP contribution in [0.5, 0.6) is 0 Å². The first-order chi connectivity index (χ1) is 10.5. The number of amides is 1. The van der Waals surface area contributed by atoms with E-state index in [-0.39, 0.29) is 29.9 Å². The highest BCUT2D eigenvalue weighted by atomic mass is 16.3. The van der Waals surface area contributed by atoms with Gasteiger partial charge in [0.2, 0.25) is 5.91 Å². The highest BCUT2D eigenvalue weighted by Crippen LogP contribution is 2.41. The first-order valence-corrected chi connectivity index (χ1v) is 9.20. The summed E-state index contributed by atoms with van der Waals surface area (Å²) in [4.78, 5) is 15.0. The zero-order valence-corrected chi connectivity index (χ0v) is 13.8. The quantitative estimate of drug-likeness (QED) is 0.824. The van der Waals surface area contributed by atoms with Crippen LogP contribution in [0.1, 0.15) is 71.1 Å². The summed E-state index contributed by atoms with van der Waals surface area (Å²) >= 11 is 0. The summed E-state index contributed by atoms with van der Waals surface area (Å²) in [6.07, 6.45) is 9.26. The monoisotopic (exact) mass is 309 g/mol. The lowest BCUT2D eigenvalue weighted by Gasteiger charge is -2.44. The van der Waals surface area contributed by atoms with Crippen molar-refractivity contribution in [1.29, 1.82) is 0 Å². The molecule has 2 aliphatic carbocycles. The Morgan fingerprint density at radius 1 is 1.05 bits per heavy atom. The van der Waals surface area contributed by atoms with Gasteiger partial charge >= 0.3 is 0 Å². The van der Waals surface area contributed by atoms with Crippen LogP contribution in [0, 0.1) is 11.8 Å². The van der Waals surface area contributed by atoms with E-state index in [0.29, 0.717) is 0 Å². The minimum absolute atomic E-state index is 0.0949. The van der Waals surface area contributed by atoms with Gasteiger partial charge in [0.25, 0.3) is 0 Å². The maximum atomic E-state index is 12.9. The van der Waals surface area contributed by atoms with Crippen molar-refractivity contribution in [2.45, 2.75) is 88.9 Å². The molecule has 3 atom stereocenters. The molecule has 126 valence electrons. The fourth-order valence-corrected chi connectivity index (χ4v) is 4.99. The molecule has 0 aromatic heterocycles. The predicted octanol–water partition coefficient (Wildman–Crippen LogP) is 2.47. The average Bonchev–Trinajstić information content (AvgIpc) is 2.96. The van der Waals surface area contributed by atoms with E-state index in [1.165, 1.54) is 6.42 Å². The Kier molecular flexibility index (Phi) is 4.79. The third kappa shape index (κ3) is 3.18. The number of hydrogen-bond acceptors (Lipinski definition) is 3. The van der Waals surface area contributed by atoms with Gasteiger partial charge in [-0.3, -0.25) is 4.79 Å². The summed E-state index contributed by atoms with van der Waals surface area (Å²) in [5, 5.41) is 20.4. The lowest BCUT2D eigenvalue weighted by atomic mass is 9.72. The van der Waals surface area contributed by atoms with Crippen LogP contribution in [0.15, 0.2) is 0 Å². The summed E-state index contributed by atoms with van der Waals surface area (Å²) in [7, 11) is 0. The normalized spacial score (nSPS) is 43.3. The summed E-state index contributed by atoms with van der Waals surface area (Å²) in [5.74, 6) is 0.621. The van der Waals surface area contributed by atoms with Gasteiger partial charge in [-0.15, -0.1) is 0 Å². The number of carbonyl (C=O) groups is 1. The van der Waals surface area contributed by atoms with Gasteiger partial charge < -0.3 is 15.1 Å². The van der Waals surface area contributed by atoms with Crippen LogP contribution in [0.25, 0.3) is 0 Å². The third-order valence-electron chi connectivity index (χ3n) is 6.34. The minimum Gasteiger partial charge on any atom is -0.393 e. The van der Waals surface area contributed by atoms with Gasteiger partial charge in [-0.25, -0.2) is 0 Å². The van der Waals surface area contributed by atoms with Crippen molar-refractivity contribution < 1.29 is 15.0 Å². The Morgan fingerprint density at radius 2 is 1.77 bits per heavy atom. The van der Waals surface area contributed by atoms with Crippen LogP contribution in [0.3, 0.4) is 0 Å². The standard InChI is InChI=1S/C18H31NO3/c1-18(22)11-3-2-5-15(18)16-6-4-12-19(16)17(21)13-7-9-14(20)10-8-13/h13-16,20,22H,2-12H2,1H3/t13?,14?,15-,16+,18+/m1/s1. The molecule has 0 unspecified atom stereocenters. The smallest absolute Gasteiger partial charge is 0.225 e. The zero-order chi connectivity index (χ0) is 15.7. The van der Waals surface area contributed by atoms with E-state index in [9.17, 15) is 15.0 Å². The molecule has 0 bridgehead atoms. The number of aliphatic hydroxyl groups is 2.